The third kappa shape index (κ3) is 3.93. The number of nitrogens with zero attached hydrogens (tertiary/aromatic N) is 2. The minimum Gasteiger partial charge on any atom is -0.379 e. The average molecular weight is 383 g/mol. The molecule has 0 saturated carbocycles. The maximum absolute atomic E-state index is 13.0. The van der Waals surface area contributed by atoms with Gasteiger partial charge in [0.15, 0.2) is 0 Å². The van der Waals surface area contributed by atoms with Crippen LogP contribution in [0.5, 0.6) is 0 Å². The van der Waals surface area contributed by atoms with Crippen molar-refractivity contribution in [2.24, 2.45) is 0 Å². The highest BCUT2D eigenvalue weighted by Gasteiger charge is 2.30. The van der Waals surface area contributed by atoms with E-state index in [2.05, 4.69) is 6.92 Å². The number of morpholine rings is 1. The molecule has 8 heteroatoms. The second kappa shape index (κ2) is 8.04. The van der Waals surface area contributed by atoms with Gasteiger partial charge in [0.05, 0.1) is 50.8 Å². The zero-order chi connectivity index (χ0) is 18.7. The molecule has 1 aromatic rings. The molecule has 1 amide bonds. The summed E-state index contributed by atoms with van der Waals surface area (Å²) < 4.78 is 32.7. The lowest BCUT2D eigenvalue weighted by molar-refractivity contribution is -0.902. The topological polar surface area (TPSA) is 71.4 Å². The molecule has 0 aromatic heterocycles. The molecule has 0 bridgehead atoms. The molecular formula is C18H28N3O4S+. The molecule has 3 rings (SSSR count). The Hall–Kier alpha value is -1.48. The lowest BCUT2D eigenvalue weighted by Gasteiger charge is -2.32. The van der Waals surface area contributed by atoms with Crippen LogP contribution in [0.3, 0.4) is 0 Å². The summed E-state index contributed by atoms with van der Waals surface area (Å²) in [6.45, 7) is 9.78. The summed E-state index contributed by atoms with van der Waals surface area (Å²) in [6.07, 6.45) is 0. The first-order valence-electron chi connectivity index (χ1n) is 9.25. The number of nitrogens with one attached hydrogen (secondary N) is 1. The standard InChI is InChI=1S/C18H27N3O4S/c1-3-19-6-8-20(9-7-19)18(22)16-5-4-15(2)17(14-16)26(23,24)21-10-12-25-13-11-21/h4-5,14H,3,6-13H2,1-2H3/p+1. The lowest BCUT2D eigenvalue weighted by atomic mass is 10.1. The number of carbonyl (C=O) groups is 1. The van der Waals surface area contributed by atoms with E-state index in [0.717, 1.165) is 19.6 Å². The number of likely N-dealkylation sites (N-methyl/N-ethyl adjacent to an activating group) is 1. The Morgan fingerprint density at radius 1 is 1.15 bits per heavy atom. The molecule has 0 aliphatic carbocycles. The van der Waals surface area contributed by atoms with Crippen molar-refractivity contribution in [3.8, 4) is 0 Å². The van der Waals surface area contributed by atoms with Gasteiger partial charge in [0.1, 0.15) is 0 Å². The quantitative estimate of drug-likeness (QED) is 0.753. The molecule has 0 radical (unpaired) electrons. The van der Waals surface area contributed by atoms with Crippen molar-refractivity contribution in [3.05, 3.63) is 29.3 Å². The van der Waals surface area contributed by atoms with E-state index in [1.54, 1.807) is 25.1 Å². The molecular weight excluding hydrogens is 354 g/mol. The minimum absolute atomic E-state index is 0.0846. The van der Waals surface area contributed by atoms with Crippen molar-refractivity contribution in [2.45, 2.75) is 18.7 Å². The Bertz CT molecular complexity index is 752. The van der Waals surface area contributed by atoms with E-state index < -0.39 is 10.0 Å². The predicted molar refractivity (Wildman–Crippen MR) is 97.9 cm³/mol. The molecule has 2 fully saturated rings. The van der Waals surface area contributed by atoms with Crippen LogP contribution in [0, 0.1) is 6.92 Å². The average Bonchev–Trinajstić information content (AvgIpc) is 2.68. The van der Waals surface area contributed by atoms with Crippen LogP contribution in [0.15, 0.2) is 23.1 Å². The highest BCUT2D eigenvalue weighted by Crippen LogP contribution is 2.23. The number of hydrogen-bond donors (Lipinski definition) is 1. The van der Waals surface area contributed by atoms with Crippen molar-refractivity contribution in [1.82, 2.24) is 9.21 Å². The molecule has 2 saturated heterocycles. The number of aryl methyl sites for hydroxylation is 1. The number of piperazine rings is 1. The first-order valence-corrected chi connectivity index (χ1v) is 10.7. The van der Waals surface area contributed by atoms with Crippen molar-refractivity contribution in [3.63, 3.8) is 0 Å². The van der Waals surface area contributed by atoms with E-state index in [4.69, 9.17) is 4.74 Å². The van der Waals surface area contributed by atoms with Crippen LogP contribution in [-0.2, 0) is 14.8 Å². The number of ether oxygens (including phenoxy) is 1. The van der Waals surface area contributed by atoms with Crippen LogP contribution in [0.2, 0.25) is 0 Å². The Morgan fingerprint density at radius 3 is 2.42 bits per heavy atom. The number of carbonyl (C=O) groups excluding carboxylic acids is 1. The fraction of sp³-hybridized carbons (Fsp3) is 0.611. The third-order valence-electron chi connectivity index (χ3n) is 5.28. The highest BCUT2D eigenvalue weighted by atomic mass is 32.2. The van der Waals surface area contributed by atoms with Crippen molar-refractivity contribution in [2.75, 3.05) is 59.0 Å². The van der Waals surface area contributed by atoms with Gasteiger partial charge in [-0.25, -0.2) is 8.42 Å². The van der Waals surface area contributed by atoms with Crippen LogP contribution in [-0.4, -0.2) is 82.6 Å². The Labute approximate surface area is 155 Å². The molecule has 26 heavy (non-hydrogen) atoms. The molecule has 2 aliphatic heterocycles. The van der Waals surface area contributed by atoms with Crippen LogP contribution in [0.1, 0.15) is 22.8 Å². The largest absolute Gasteiger partial charge is 0.379 e. The smallest absolute Gasteiger partial charge is 0.254 e. The van der Waals surface area contributed by atoms with Crippen molar-refractivity contribution >= 4 is 15.9 Å². The fourth-order valence-electron chi connectivity index (χ4n) is 3.50. The van der Waals surface area contributed by atoms with E-state index >= 15 is 0 Å². The number of amides is 1. The van der Waals surface area contributed by atoms with Gasteiger partial charge in [-0.05, 0) is 31.5 Å². The molecule has 2 aliphatic rings. The number of hydrogen-bond acceptors (Lipinski definition) is 4. The SMILES string of the molecule is CC[NH+]1CCN(C(=O)c2ccc(C)c(S(=O)(=O)N3CCOCC3)c2)CC1. The van der Waals surface area contributed by atoms with Crippen molar-refractivity contribution < 1.29 is 22.8 Å². The van der Waals surface area contributed by atoms with Gasteiger partial charge in [-0.2, -0.15) is 4.31 Å². The van der Waals surface area contributed by atoms with E-state index in [1.165, 1.54) is 9.21 Å². The number of sulfonamides is 1. The first-order chi connectivity index (χ1) is 12.4. The fourth-order valence-corrected chi connectivity index (χ4v) is 5.16. The summed E-state index contributed by atoms with van der Waals surface area (Å²) >= 11 is 0. The van der Waals surface area contributed by atoms with Crippen LogP contribution >= 0.6 is 0 Å². The van der Waals surface area contributed by atoms with Gasteiger partial charge in [-0.15, -0.1) is 0 Å². The minimum atomic E-state index is -3.61. The van der Waals surface area contributed by atoms with E-state index in [9.17, 15) is 13.2 Å². The summed E-state index contributed by atoms with van der Waals surface area (Å²) in [6, 6.07) is 5.00. The molecule has 0 atom stereocenters. The lowest BCUT2D eigenvalue weighted by Crippen LogP contribution is -3.14. The predicted octanol–water partition coefficient (Wildman–Crippen LogP) is -0.623. The number of quaternary nitrogens is 1. The first kappa shape index (κ1) is 19.3. The molecule has 1 aromatic carbocycles. The summed E-state index contributed by atoms with van der Waals surface area (Å²) in [7, 11) is -3.61. The maximum atomic E-state index is 13.0. The van der Waals surface area contributed by atoms with Crippen LogP contribution in [0.4, 0.5) is 0 Å². The van der Waals surface area contributed by atoms with Gasteiger partial charge >= 0.3 is 0 Å². The molecule has 0 spiro atoms. The Balaban J connectivity index is 1.82. The zero-order valence-corrected chi connectivity index (χ0v) is 16.3. The van der Waals surface area contributed by atoms with Crippen molar-refractivity contribution in [1.29, 1.82) is 0 Å². The monoisotopic (exact) mass is 382 g/mol. The van der Waals surface area contributed by atoms with Gasteiger partial charge in [0.25, 0.3) is 5.91 Å². The molecule has 1 N–H and O–H groups in total. The van der Waals surface area contributed by atoms with Gasteiger partial charge in [0.2, 0.25) is 10.0 Å². The number of benzene rings is 1. The van der Waals surface area contributed by atoms with E-state index in [1.807, 2.05) is 4.90 Å². The highest BCUT2D eigenvalue weighted by molar-refractivity contribution is 7.89. The third-order valence-corrected chi connectivity index (χ3v) is 7.32. The number of rotatable bonds is 4. The van der Waals surface area contributed by atoms with Gasteiger partial charge < -0.3 is 14.5 Å². The summed E-state index contributed by atoms with van der Waals surface area (Å²) in [5.41, 5.74) is 1.11. The molecule has 7 nitrogen and oxygen atoms in total. The summed E-state index contributed by atoms with van der Waals surface area (Å²) in [5, 5.41) is 0. The second-order valence-corrected chi connectivity index (χ2v) is 8.80. The Kier molecular flexibility index (Phi) is 5.96. The summed E-state index contributed by atoms with van der Waals surface area (Å²) in [5.74, 6) is -0.0846. The van der Waals surface area contributed by atoms with E-state index in [0.29, 0.717) is 50.5 Å². The maximum Gasteiger partial charge on any atom is 0.254 e. The van der Waals surface area contributed by atoms with Crippen LogP contribution in [0.25, 0.3) is 0 Å². The Morgan fingerprint density at radius 2 is 1.81 bits per heavy atom. The van der Waals surface area contributed by atoms with Gasteiger partial charge in [0, 0.05) is 18.7 Å². The molecule has 0 unspecified atom stereocenters. The second-order valence-electron chi connectivity index (χ2n) is 6.89. The zero-order valence-electron chi connectivity index (χ0n) is 15.5. The summed E-state index contributed by atoms with van der Waals surface area (Å²) in [4.78, 5) is 16.4. The molecule has 144 valence electrons. The van der Waals surface area contributed by atoms with E-state index in [-0.39, 0.29) is 10.8 Å². The van der Waals surface area contributed by atoms with Gasteiger partial charge in [-0.3, -0.25) is 4.79 Å². The van der Waals surface area contributed by atoms with Gasteiger partial charge in [-0.1, -0.05) is 6.07 Å². The normalized spacial score (nSPS) is 20.3. The molecule has 2 heterocycles. The van der Waals surface area contributed by atoms with Crippen LogP contribution < -0.4 is 4.90 Å².